The summed E-state index contributed by atoms with van der Waals surface area (Å²) in [6, 6.07) is 7.31. The lowest BCUT2D eigenvalue weighted by molar-refractivity contribution is -0.148. The van der Waals surface area contributed by atoms with Gasteiger partial charge in [-0.25, -0.2) is 9.18 Å². The van der Waals surface area contributed by atoms with Crippen molar-refractivity contribution >= 4 is 21.9 Å². The number of carbonyl (C=O) groups excluding carboxylic acids is 1. The van der Waals surface area contributed by atoms with Crippen molar-refractivity contribution in [2.75, 3.05) is 7.11 Å². The van der Waals surface area contributed by atoms with E-state index in [4.69, 9.17) is 0 Å². The van der Waals surface area contributed by atoms with Gasteiger partial charge in [-0.3, -0.25) is 0 Å². The Morgan fingerprint density at radius 3 is 2.67 bits per heavy atom. The molecule has 0 radical (unpaired) electrons. The van der Waals surface area contributed by atoms with Gasteiger partial charge in [-0.05, 0) is 17.7 Å². The molecule has 1 aliphatic rings. The molecule has 1 saturated carbocycles. The SMILES string of the molecule is COC(=O)[C@]1(F)CC1c1ccc(Br)cc1. The average molecular weight is 273 g/mol. The number of halogens is 2. The summed E-state index contributed by atoms with van der Waals surface area (Å²) in [4.78, 5) is 11.1. The molecule has 1 aromatic carbocycles. The largest absolute Gasteiger partial charge is 0.467 e. The van der Waals surface area contributed by atoms with Gasteiger partial charge in [0.1, 0.15) is 0 Å². The average Bonchev–Trinajstić information content (AvgIpc) is 2.92. The molecule has 1 unspecified atom stereocenters. The van der Waals surface area contributed by atoms with Crippen molar-refractivity contribution in [3.05, 3.63) is 34.3 Å². The fourth-order valence-corrected chi connectivity index (χ4v) is 1.97. The van der Waals surface area contributed by atoms with Crippen molar-refractivity contribution in [3.8, 4) is 0 Å². The van der Waals surface area contributed by atoms with Crippen LogP contribution in [-0.4, -0.2) is 18.7 Å². The van der Waals surface area contributed by atoms with Gasteiger partial charge in [-0.15, -0.1) is 0 Å². The lowest BCUT2D eigenvalue weighted by Gasteiger charge is -2.05. The van der Waals surface area contributed by atoms with Gasteiger partial charge >= 0.3 is 5.97 Å². The third-order valence-corrected chi connectivity index (χ3v) is 3.22. The molecule has 0 N–H and O–H groups in total. The third-order valence-electron chi connectivity index (χ3n) is 2.69. The van der Waals surface area contributed by atoms with E-state index in [1.807, 2.05) is 24.3 Å². The van der Waals surface area contributed by atoms with Crippen LogP contribution >= 0.6 is 15.9 Å². The topological polar surface area (TPSA) is 26.3 Å². The fraction of sp³-hybridized carbons (Fsp3) is 0.364. The van der Waals surface area contributed by atoms with Crippen LogP contribution in [0.2, 0.25) is 0 Å². The van der Waals surface area contributed by atoms with Crippen LogP contribution in [0.5, 0.6) is 0 Å². The number of benzene rings is 1. The number of ether oxygens (including phenoxy) is 1. The van der Waals surface area contributed by atoms with Crippen LogP contribution in [0.3, 0.4) is 0 Å². The van der Waals surface area contributed by atoms with Crippen molar-refractivity contribution in [1.82, 2.24) is 0 Å². The Kier molecular flexibility index (Phi) is 2.54. The molecular weight excluding hydrogens is 263 g/mol. The van der Waals surface area contributed by atoms with E-state index >= 15 is 0 Å². The zero-order valence-electron chi connectivity index (χ0n) is 8.17. The van der Waals surface area contributed by atoms with Gasteiger partial charge in [0.25, 0.3) is 0 Å². The van der Waals surface area contributed by atoms with Crippen LogP contribution in [0.1, 0.15) is 17.9 Å². The lowest BCUT2D eigenvalue weighted by Crippen LogP contribution is -2.20. The second kappa shape index (κ2) is 3.59. The molecule has 1 aliphatic carbocycles. The highest BCUT2D eigenvalue weighted by Gasteiger charge is 2.63. The first kappa shape index (κ1) is 10.6. The highest BCUT2D eigenvalue weighted by Crippen LogP contribution is 2.55. The highest BCUT2D eigenvalue weighted by molar-refractivity contribution is 9.10. The highest BCUT2D eigenvalue weighted by atomic mass is 79.9. The number of hydrogen-bond donors (Lipinski definition) is 0. The Labute approximate surface area is 95.6 Å². The molecule has 0 aliphatic heterocycles. The van der Waals surface area contributed by atoms with Crippen LogP contribution < -0.4 is 0 Å². The van der Waals surface area contributed by atoms with E-state index in [0.29, 0.717) is 0 Å². The molecular formula is C11H10BrFO2. The summed E-state index contributed by atoms with van der Waals surface area (Å²) in [6.07, 6.45) is 0.224. The van der Waals surface area contributed by atoms with Gasteiger partial charge in [-0.1, -0.05) is 28.1 Å². The number of alkyl halides is 1. The van der Waals surface area contributed by atoms with Crippen LogP contribution in [0, 0.1) is 0 Å². The van der Waals surface area contributed by atoms with Crippen LogP contribution in [-0.2, 0) is 9.53 Å². The molecule has 15 heavy (non-hydrogen) atoms. The van der Waals surface area contributed by atoms with Crippen LogP contribution in [0.25, 0.3) is 0 Å². The Hall–Kier alpha value is -0.900. The zero-order valence-corrected chi connectivity index (χ0v) is 9.75. The second-order valence-electron chi connectivity index (χ2n) is 3.66. The number of esters is 1. The minimum Gasteiger partial charge on any atom is -0.467 e. The van der Waals surface area contributed by atoms with E-state index in [1.54, 1.807) is 0 Å². The monoisotopic (exact) mass is 272 g/mol. The predicted octanol–water partition coefficient (Wildman–Crippen LogP) is 2.82. The summed E-state index contributed by atoms with van der Waals surface area (Å²) in [7, 11) is 1.21. The minimum absolute atomic E-state index is 0.224. The molecule has 80 valence electrons. The van der Waals surface area contributed by atoms with Gasteiger partial charge < -0.3 is 4.74 Å². The first-order valence-electron chi connectivity index (χ1n) is 4.60. The molecule has 2 nitrogen and oxygen atoms in total. The van der Waals surface area contributed by atoms with Gasteiger partial charge in [0.15, 0.2) is 0 Å². The fourth-order valence-electron chi connectivity index (χ4n) is 1.71. The number of rotatable bonds is 2. The summed E-state index contributed by atoms with van der Waals surface area (Å²) in [6.45, 7) is 0. The van der Waals surface area contributed by atoms with Crippen molar-refractivity contribution in [1.29, 1.82) is 0 Å². The van der Waals surface area contributed by atoms with Gasteiger partial charge in [0.05, 0.1) is 7.11 Å². The molecule has 0 saturated heterocycles. The Balaban J connectivity index is 2.16. The standard InChI is InChI=1S/C11H10BrFO2/c1-15-10(14)11(13)6-9(11)7-2-4-8(12)5-3-7/h2-5,9H,6H2,1H3/t9?,11-/m0/s1. The molecule has 4 heteroatoms. The Morgan fingerprint density at radius 2 is 2.13 bits per heavy atom. The van der Waals surface area contributed by atoms with E-state index in [2.05, 4.69) is 20.7 Å². The van der Waals surface area contributed by atoms with Crippen molar-refractivity contribution in [3.63, 3.8) is 0 Å². The first-order chi connectivity index (χ1) is 7.08. The molecule has 0 spiro atoms. The normalized spacial score (nSPS) is 28.6. The summed E-state index contributed by atoms with van der Waals surface area (Å²) in [5, 5.41) is 0. The zero-order chi connectivity index (χ0) is 11.1. The Morgan fingerprint density at radius 1 is 1.53 bits per heavy atom. The quantitative estimate of drug-likeness (QED) is 0.774. The molecule has 2 rings (SSSR count). The smallest absolute Gasteiger partial charge is 0.344 e. The molecule has 0 bridgehead atoms. The van der Waals surface area contributed by atoms with Crippen LogP contribution in [0.4, 0.5) is 4.39 Å². The van der Waals surface area contributed by atoms with Crippen molar-refractivity contribution in [2.45, 2.75) is 18.0 Å². The van der Waals surface area contributed by atoms with E-state index in [9.17, 15) is 9.18 Å². The molecule has 0 amide bonds. The molecule has 2 atom stereocenters. The van der Waals surface area contributed by atoms with Crippen molar-refractivity contribution < 1.29 is 13.9 Å². The summed E-state index contributed by atoms with van der Waals surface area (Å²) in [5.41, 5.74) is -0.964. The predicted molar refractivity (Wildman–Crippen MR) is 57.4 cm³/mol. The lowest BCUT2D eigenvalue weighted by atomic mass is 10.1. The van der Waals surface area contributed by atoms with Gasteiger partial charge in [0, 0.05) is 16.8 Å². The summed E-state index contributed by atoms with van der Waals surface area (Å²) < 4.78 is 19.2. The number of carbonyl (C=O) groups is 1. The molecule has 1 aromatic rings. The van der Waals surface area contributed by atoms with Crippen LogP contribution in [0.15, 0.2) is 28.7 Å². The molecule has 1 fully saturated rings. The molecule has 0 aromatic heterocycles. The second-order valence-corrected chi connectivity index (χ2v) is 4.58. The Bertz CT molecular complexity index is 390. The maximum atomic E-state index is 13.9. The summed E-state index contributed by atoms with van der Waals surface area (Å²) >= 11 is 3.30. The van der Waals surface area contributed by atoms with E-state index in [0.717, 1.165) is 10.0 Å². The number of hydrogen-bond acceptors (Lipinski definition) is 2. The van der Waals surface area contributed by atoms with Crippen molar-refractivity contribution in [2.24, 2.45) is 0 Å². The van der Waals surface area contributed by atoms with Gasteiger partial charge in [0.2, 0.25) is 5.67 Å². The van der Waals surface area contributed by atoms with Gasteiger partial charge in [-0.2, -0.15) is 0 Å². The number of methoxy groups -OCH3 is 1. The van der Waals surface area contributed by atoms with E-state index in [1.165, 1.54) is 7.11 Å². The third kappa shape index (κ3) is 1.78. The van der Waals surface area contributed by atoms with E-state index < -0.39 is 11.6 Å². The minimum atomic E-state index is -1.80. The van der Waals surface area contributed by atoms with E-state index in [-0.39, 0.29) is 12.3 Å². The first-order valence-corrected chi connectivity index (χ1v) is 5.40. The maximum absolute atomic E-state index is 13.9. The molecule has 0 heterocycles. The maximum Gasteiger partial charge on any atom is 0.344 e. The summed E-state index contributed by atoms with van der Waals surface area (Å²) in [5.74, 6) is -1.12.